The maximum Gasteiger partial charge on any atom is 0.335 e. The Morgan fingerprint density at radius 1 is 1.15 bits per heavy atom. The number of aromatic carboxylic acids is 1. The van der Waals surface area contributed by atoms with Gasteiger partial charge in [-0.15, -0.1) is 0 Å². The van der Waals surface area contributed by atoms with E-state index in [9.17, 15) is 4.79 Å². The molecule has 1 aromatic heterocycles. The lowest BCUT2D eigenvalue weighted by Crippen LogP contribution is -1.96. The van der Waals surface area contributed by atoms with Gasteiger partial charge >= 0.3 is 5.97 Å². The Kier molecular flexibility index (Phi) is 2.91. The van der Waals surface area contributed by atoms with Crippen LogP contribution in [0.5, 0.6) is 5.75 Å². The van der Waals surface area contributed by atoms with E-state index >= 15 is 0 Å². The van der Waals surface area contributed by atoms with Crippen molar-refractivity contribution in [1.29, 1.82) is 0 Å². The topological polar surface area (TPSA) is 51.5 Å². The second-order valence-electron chi connectivity index (χ2n) is 4.47. The summed E-state index contributed by atoms with van der Waals surface area (Å²) in [5.41, 5.74) is 2.23. The molecule has 1 N–H and O–H groups in total. The van der Waals surface area contributed by atoms with Gasteiger partial charge in [-0.2, -0.15) is 0 Å². The third kappa shape index (κ3) is 2.01. The summed E-state index contributed by atoms with van der Waals surface area (Å²) in [5.74, 6) is -0.132. The van der Waals surface area contributed by atoms with E-state index in [-0.39, 0.29) is 0 Å². The smallest absolute Gasteiger partial charge is 0.335 e. The van der Waals surface area contributed by atoms with Crippen LogP contribution >= 0.6 is 0 Å². The SMILES string of the molecule is COc1cccc(-n2ccc3cc(C(=O)O)ccc32)c1. The molecule has 3 aromatic rings. The third-order valence-corrected chi connectivity index (χ3v) is 3.27. The van der Waals surface area contributed by atoms with E-state index < -0.39 is 5.97 Å². The summed E-state index contributed by atoms with van der Waals surface area (Å²) >= 11 is 0. The second-order valence-corrected chi connectivity index (χ2v) is 4.47. The molecule has 4 heteroatoms. The van der Waals surface area contributed by atoms with Crippen LogP contribution in [0.25, 0.3) is 16.6 Å². The van der Waals surface area contributed by atoms with Gasteiger partial charge in [-0.05, 0) is 36.4 Å². The number of hydrogen-bond donors (Lipinski definition) is 1. The third-order valence-electron chi connectivity index (χ3n) is 3.27. The summed E-state index contributed by atoms with van der Waals surface area (Å²) in [5, 5.41) is 9.91. The number of nitrogens with zero attached hydrogens (tertiary/aromatic N) is 1. The van der Waals surface area contributed by atoms with Gasteiger partial charge in [0.2, 0.25) is 0 Å². The van der Waals surface area contributed by atoms with Gasteiger partial charge in [0.1, 0.15) is 5.75 Å². The average molecular weight is 267 g/mol. The van der Waals surface area contributed by atoms with Crippen molar-refractivity contribution in [3.8, 4) is 11.4 Å². The van der Waals surface area contributed by atoms with Crippen molar-refractivity contribution in [3.63, 3.8) is 0 Å². The van der Waals surface area contributed by atoms with Gasteiger partial charge < -0.3 is 14.4 Å². The van der Waals surface area contributed by atoms with Crippen molar-refractivity contribution in [2.24, 2.45) is 0 Å². The molecule has 0 unspecified atom stereocenters. The molecule has 0 aliphatic carbocycles. The number of rotatable bonds is 3. The molecule has 0 fully saturated rings. The molecular weight excluding hydrogens is 254 g/mol. The fourth-order valence-corrected chi connectivity index (χ4v) is 2.26. The molecule has 0 saturated heterocycles. The minimum absolute atomic E-state index is 0.292. The van der Waals surface area contributed by atoms with Gasteiger partial charge in [-0.3, -0.25) is 0 Å². The quantitative estimate of drug-likeness (QED) is 0.791. The van der Waals surface area contributed by atoms with E-state index in [1.807, 2.05) is 47.2 Å². The predicted molar refractivity (Wildman–Crippen MR) is 76.8 cm³/mol. The highest BCUT2D eigenvalue weighted by molar-refractivity contribution is 5.94. The second kappa shape index (κ2) is 4.74. The van der Waals surface area contributed by atoms with Crippen molar-refractivity contribution < 1.29 is 14.6 Å². The van der Waals surface area contributed by atoms with Crippen LogP contribution in [0.2, 0.25) is 0 Å². The highest BCUT2D eigenvalue weighted by Gasteiger charge is 2.08. The van der Waals surface area contributed by atoms with Crippen LogP contribution in [0.3, 0.4) is 0 Å². The number of ether oxygens (including phenoxy) is 1. The van der Waals surface area contributed by atoms with Crippen LogP contribution in [-0.4, -0.2) is 22.8 Å². The van der Waals surface area contributed by atoms with Gasteiger partial charge in [0, 0.05) is 23.3 Å². The zero-order valence-corrected chi connectivity index (χ0v) is 10.9. The Bertz CT molecular complexity index is 789. The number of aromatic nitrogens is 1. The Balaban J connectivity index is 2.14. The minimum atomic E-state index is -0.916. The van der Waals surface area contributed by atoms with Crippen LogP contribution in [-0.2, 0) is 0 Å². The van der Waals surface area contributed by atoms with Crippen molar-refractivity contribution in [1.82, 2.24) is 4.57 Å². The van der Waals surface area contributed by atoms with Gasteiger partial charge in [-0.1, -0.05) is 6.07 Å². The van der Waals surface area contributed by atoms with E-state index in [0.29, 0.717) is 5.56 Å². The first-order chi connectivity index (χ1) is 9.69. The number of benzene rings is 2. The van der Waals surface area contributed by atoms with Crippen molar-refractivity contribution in [2.45, 2.75) is 0 Å². The van der Waals surface area contributed by atoms with Crippen molar-refractivity contribution >= 4 is 16.9 Å². The fourth-order valence-electron chi connectivity index (χ4n) is 2.26. The number of carbonyl (C=O) groups is 1. The lowest BCUT2D eigenvalue weighted by molar-refractivity contribution is 0.0697. The minimum Gasteiger partial charge on any atom is -0.497 e. The standard InChI is InChI=1S/C16H13NO3/c1-20-14-4-2-3-13(10-14)17-8-7-11-9-12(16(18)19)5-6-15(11)17/h2-10H,1H3,(H,18,19). The fraction of sp³-hybridized carbons (Fsp3) is 0.0625. The maximum absolute atomic E-state index is 11.0. The zero-order valence-electron chi connectivity index (χ0n) is 10.9. The van der Waals surface area contributed by atoms with E-state index in [1.165, 1.54) is 0 Å². The zero-order chi connectivity index (χ0) is 14.1. The summed E-state index contributed by atoms with van der Waals surface area (Å²) in [6.45, 7) is 0. The van der Waals surface area contributed by atoms with Crippen molar-refractivity contribution in [2.75, 3.05) is 7.11 Å². The Morgan fingerprint density at radius 2 is 2.00 bits per heavy atom. The van der Waals surface area contributed by atoms with Crippen LogP contribution in [0.15, 0.2) is 54.7 Å². The highest BCUT2D eigenvalue weighted by atomic mass is 16.5. The summed E-state index contributed by atoms with van der Waals surface area (Å²) in [6, 6.07) is 14.7. The number of fused-ring (bicyclic) bond motifs is 1. The molecule has 0 atom stereocenters. The lowest BCUT2D eigenvalue weighted by atomic mass is 10.1. The maximum atomic E-state index is 11.0. The number of carboxylic acids is 1. The molecule has 3 rings (SSSR count). The van der Waals surface area contributed by atoms with Gasteiger partial charge in [0.05, 0.1) is 18.2 Å². The first-order valence-electron chi connectivity index (χ1n) is 6.18. The summed E-state index contributed by atoms with van der Waals surface area (Å²) in [6.07, 6.45) is 1.92. The van der Waals surface area contributed by atoms with Gasteiger partial charge in [-0.25, -0.2) is 4.79 Å². The molecular formula is C16H13NO3. The van der Waals surface area contributed by atoms with E-state index in [0.717, 1.165) is 22.3 Å². The number of methoxy groups -OCH3 is 1. The molecule has 0 amide bonds. The molecule has 0 spiro atoms. The normalized spacial score (nSPS) is 10.7. The largest absolute Gasteiger partial charge is 0.497 e. The first-order valence-corrected chi connectivity index (χ1v) is 6.18. The summed E-state index contributed by atoms with van der Waals surface area (Å²) in [7, 11) is 1.63. The monoisotopic (exact) mass is 267 g/mol. The predicted octanol–water partition coefficient (Wildman–Crippen LogP) is 3.34. The first kappa shape index (κ1) is 12.3. The molecule has 2 aromatic carbocycles. The van der Waals surface area contributed by atoms with Gasteiger partial charge in [0.15, 0.2) is 0 Å². The van der Waals surface area contributed by atoms with E-state index in [2.05, 4.69) is 0 Å². The van der Waals surface area contributed by atoms with Crippen LogP contribution in [0, 0.1) is 0 Å². The molecule has 100 valence electrons. The van der Waals surface area contributed by atoms with Crippen molar-refractivity contribution in [3.05, 3.63) is 60.3 Å². The molecule has 20 heavy (non-hydrogen) atoms. The average Bonchev–Trinajstić information content (AvgIpc) is 2.90. The Labute approximate surface area is 115 Å². The number of carboxylic acid groups (broad SMARTS) is 1. The van der Waals surface area contributed by atoms with Crippen LogP contribution in [0.1, 0.15) is 10.4 Å². The van der Waals surface area contributed by atoms with E-state index in [1.54, 1.807) is 19.2 Å². The van der Waals surface area contributed by atoms with Gasteiger partial charge in [0.25, 0.3) is 0 Å². The summed E-state index contributed by atoms with van der Waals surface area (Å²) in [4.78, 5) is 11.0. The highest BCUT2D eigenvalue weighted by Crippen LogP contribution is 2.24. The molecule has 0 aliphatic rings. The molecule has 4 nitrogen and oxygen atoms in total. The molecule has 0 radical (unpaired) electrons. The Hall–Kier alpha value is -2.75. The van der Waals surface area contributed by atoms with Crippen LogP contribution < -0.4 is 4.74 Å². The van der Waals surface area contributed by atoms with E-state index in [4.69, 9.17) is 9.84 Å². The molecule has 0 saturated carbocycles. The lowest BCUT2D eigenvalue weighted by Gasteiger charge is -2.07. The summed E-state index contributed by atoms with van der Waals surface area (Å²) < 4.78 is 7.23. The van der Waals surface area contributed by atoms with Crippen LogP contribution in [0.4, 0.5) is 0 Å². The molecule has 0 bridgehead atoms. The Morgan fingerprint density at radius 3 is 2.75 bits per heavy atom. The number of hydrogen-bond acceptors (Lipinski definition) is 2. The molecule has 0 aliphatic heterocycles. The molecule has 1 heterocycles.